The molecule has 2 aromatic carbocycles. The molecule has 0 bridgehead atoms. The van der Waals surface area contributed by atoms with Gasteiger partial charge in [-0.05, 0) is 43.3 Å². The maximum absolute atomic E-state index is 11.4. The van der Waals surface area contributed by atoms with Crippen molar-refractivity contribution in [3.05, 3.63) is 56.5 Å². The van der Waals surface area contributed by atoms with E-state index in [0.717, 1.165) is 14.3 Å². The lowest BCUT2D eigenvalue weighted by Crippen LogP contribution is -1.93. The van der Waals surface area contributed by atoms with Crippen LogP contribution in [0.1, 0.15) is 17.3 Å². The van der Waals surface area contributed by atoms with Gasteiger partial charge < -0.3 is 0 Å². The van der Waals surface area contributed by atoms with Crippen LogP contribution < -0.4 is 0 Å². The van der Waals surface area contributed by atoms with E-state index < -0.39 is 0 Å². The summed E-state index contributed by atoms with van der Waals surface area (Å²) in [6.45, 7) is 1.54. The highest BCUT2D eigenvalue weighted by Crippen LogP contribution is 2.36. The van der Waals surface area contributed by atoms with Crippen molar-refractivity contribution in [2.45, 2.75) is 16.7 Å². The van der Waals surface area contributed by atoms with Gasteiger partial charge in [0.2, 0.25) is 0 Å². The summed E-state index contributed by atoms with van der Waals surface area (Å²) in [4.78, 5) is 13.2. The Balaban J connectivity index is 2.31. The normalized spacial score (nSPS) is 10.5. The highest BCUT2D eigenvalue weighted by molar-refractivity contribution is 9.10. The molecule has 0 saturated heterocycles. The molecule has 0 heterocycles. The van der Waals surface area contributed by atoms with E-state index in [4.69, 9.17) is 23.2 Å². The summed E-state index contributed by atoms with van der Waals surface area (Å²) in [7, 11) is 0. The smallest absolute Gasteiger partial charge is 0.160 e. The van der Waals surface area contributed by atoms with E-state index >= 15 is 0 Å². The van der Waals surface area contributed by atoms with Crippen LogP contribution in [-0.2, 0) is 0 Å². The van der Waals surface area contributed by atoms with Gasteiger partial charge in [-0.25, -0.2) is 0 Å². The van der Waals surface area contributed by atoms with E-state index in [2.05, 4.69) is 15.9 Å². The van der Waals surface area contributed by atoms with E-state index in [0.29, 0.717) is 15.6 Å². The molecule has 0 N–H and O–H groups in total. The van der Waals surface area contributed by atoms with E-state index in [1.54, 1.807) is 25.1 Å². The third-order valence-electron chi connectivity index (χ3n) is 2.44. The zero-order valence-corrected chi connectivity index (χ0v) is 13.8. The molecular formula is C14H9BrCl2OS. The molecule has 0 radical (unpaired) electrons. The van der Waals surface area contributed by atoms with Crippen LogP contribution in [0.25, 0.3) is 0 Å². The van der Waals surface area contributed by atoms with Crippen molar-refractivity contribution in [1.82, 2.24) is 0 Å². The third-order valence-corrected chi connectivity index (χ3v) is 4.82. The fourth-order valence-corrected chi connectivity index (χ4v) is 3.73. The molecule has 0 aromatic heterocycles. The molecule has 0 unspecified atom stereocenters. The van der Waals surface area contributed by atoms with Gasteiger partial charge in [-0.3, -0.25) is 4.79 Å². The number of rotatable bonds is 3. The highest BCUT2D eigenvalue weighted by Gasteiger charge is 2.08. The van der Waals surface area contributed by atoms with E-state index in [-0.39, 0.29) is 5.78 Å². The predicted molar refractivity (Wildman–Crippen MR) is 84.7 cm³/mol. The first-order valence-electron chi connectivity index (χ1n) is 5.41. The molecule has 0 aliphatic carbocycles. The van der Waals surface area contributed by atoms with Crippen LogP contribution in [0, 0.1) is 0 Å². The average molecular weight is 376 g/mol. The van der Waals surface area contributed by atoms with Crippen molar-refractivity contribution in [2.75, 3.05) is 0 Å². The lowest BCUT2D eigenvalue weighted by atomic mass is 10.2. The van der Waals surface area contributed by atoms with Gasteiger partial charge in [0.15, 0.2) is 5.78 Å². The Morgan fingerprint density at radius 3 is 2.53 bits per heavy atom. The second-order valence-corrected chi connectivity index (χ2v) is 6.69. The van der Waals surface area contributed by atoms with E-state index in [9.17, 15) is 4.79 Å². The predicted octanol–water partition coefficient (Wildman–Crippen LogP) is 6.11. The summed E-state index contributed by atoms with van der Waals surface area (Å²) in [5, 5.41) is 1.30. The lowest BCUT2D eigenvalue weighted by molar-refractivity contribution is 0.101. The van der Waals surface area contributed by atoms with Crippen LogP contribution in [0.5, 0.6) is 0 Å². The molecule has 2 aromatic rings. The van der Waals surface area contributed by atoms with E-state index in [1.807, 2.05) is 18.2 Å². The van der Waals surface area contributed by atoms with Crippen molar-refractivity contribution in [1.29, 1.82) is 0 Å². The second kappa shape index (κ2) is 6.31. The van der Waals surface area contributed by atoms with Gasteiger partial charge in [0.05, 0.1) is 5.02 Å². The molecule has 0 saturated carbocycles. The fraction of sp³-hybridized carbons (Fsp3) is 0.0714. The van der Waals surface area contributed by atoms with Gasteiger partial charge in [0.25, 0.3) is 0 Å². The first kappa shape index (κ1) is 14.9. The summed E-state index contributed by atoms with van der Waals surface area (Å²) in [6, 6.07) is 10.9. The van der Waals surface area contributed by atoms with Crippen molar-refractivity contribution in [3.8, 4) is 0 Å². The molecule has 0 aliphatic rings. The lowest BCUT2D eigenvalue weighted by Gasteiger charge is -2.07. The Morgan fingerprint density at radius 2 is 1.89 bits per heavy atom. The van der Waals surface area contributed by atoms with Crippen molar-refractivity contribution in [3.63, 3.8) is 0 Å². The standard InChI is InChI=1S/C14H9BrCl2OS/c1-8(18)11-4-3-10(7-12(11)15)19-14-6-9(16)2-5-13(14)17/h2-7H,1H3. The Bertz CT molecular complexity index is 643. The molecule has 0 aliphatic heterocycles. The number of Topliss-reactive ketones (excluding diaryl/α,β-unsaturated/α-hetero) is 1. The van der Waals surface area contributed by atoms with Crippen LogP contribution in [0.4, 0.5) is 0 Å². The third kappa shape index (κ3) is 3.76. The summed E-state index contributed by atoms with van der Waals surface area (Å²) in [5.74, 6) is 0.0317. The SMILES string of the molecule is CC(=O)c1ccc(Sc2cc(Cl)ccc2Cl)cc1Br. The molecule has 19 heavy (non-hydrogen) atoms. The van der Waals surface area contributed by atoms with Gasteiger partial charge in [0, 0.05) is 24.8 Å². The van der Waals surface area contributed by atoms with Crippen LogP contribution in [0.15, 0.2) is 50.7 Å². The second-order valence-electron chi connectivity index (χ2n) is 3.87. The molecule has 0 fully saturated rings. The maximum Gasteiger partial charge on any atom is 0.160 e. The number of carbonyl (C=O) groups is 1. The van der Waals surface area contributed by atoms with Gasteiger partial charge >= 0.3 is 0 Å². The fourth-order valence-electron chi connectivity index (χ4n) is 1.53. The number of hydrogen-bond donors (Lipinski definition) is 0. The molecule has 5 heteroatoms. The van der Waals surface area contributed by atoms with Gasteiger partial charge in [-0.2, -0.15) is 0 Å². The number of ketones is 1. The average Bonchev–Trinajstić information content (AvgIpc) is 2.33. The molecule has 98 valence electrons. The van der Waals surface area contributed by atoms with Crippen LogP contribution >= 0.6 is 50.9 Å². The topological polar surface area (TPSA) is 17.1 Å². The van der Waals surface area contributed by atoms with Crippen LogP contribution in [0.2, 0.25) is 10.0 Å². The minimum atomic E-state index is 0.0317. The van der Waals surface area contributed by atoms with Crippen molar-refractivity contribution in [2.24, 2.45) is 0 Å². The molecule has 0 amide bonds. The Hall–Kier alpha value is -0.480. The van der Waals surface area contributed by atoms with Crippen LogP contribution in [0.3, 0.4) is 0 Å². The molecule has 0 atom stereocenters. The molecule has 1 nitrogen and oxygen atoms in total. The Labute approximate surface area is 134 Å². The largest absolute Gasteiger partial charge is 0.294 e. The first-order valence-corrected chi connectivity index (χ1v) is 7.77. The zero-order chi connectivity index (χ0) is 14.0. The van der Waals surface area contributed by atoms with Crippen LogP contribution in [-0.4, -0.2) is 5.78 Å². The molecule has 0 spiro atoms. The van der Waals surface area contributed by atoms with Gasteiger partial charge in [-0.1, -0.05) is 50.9 Å². The minimum Gasteiger partial charge on any atom is -0.294 e. The summed E-state index contributed by atoms with van der Waals surface area (Å²) >= 11 is 17.0. The van der Waals surface area contributed by atoms with Gasteiger partial charge in [0.1, 0.15) is 0 Å². The summed E-state index contributed by atoms with van der Waals surface area (Å²) in [6.07, 6.45) is 0. The summed E-state index contributed by atoms with van der Waals surface area (Å²) in [5.41, 5.74) is 0.668. The highest BCUT2D eigenvalue weighted by atomic mass is 79.9. The number of benzene rings is 2. The summed E-state index contributed by atoms with van der Waals surface area (Å²) < 4.78 is 0.781. The number of halogens is 3. The monoisotopic (exact) mass is 374 g/mol. The maximum atomic E-state index is 11.4. The van der Waals surface area contributed by atoms with E-state index in [1.165, 1.54) is 11.8 Å². The minimum absolute atomic E-state index is 0.0317. The van der Waals surface area contributed by atoms with Crippen molar-refractivity contribution >= 4 is 56.7 Å². The zero-order valence-electron chi connectivity index (χ0n) is 9.91. The van der Waals surface area contributed by atoms with Crippen molar-refractivity contribution < 1.29 is 4.79 Å². The number of carbonyl (C=O) groups excluding carboxylic acids is 1. The molecular weight excluding hydrogens is 367 g/mol. The quantitative estimate of drug-likeness (QED) is 0.602. The number of hydrogen-bond acceptors (Lipinski definition) is 2. The first-order chi connectivity index (χ1) is 8.97. The molecule has 2 rings (SSSR count). The Morgan fingerprint density at radius 1 is 1.16 bits per heavy atom. The van der Waals surface area contributed by atoms with Gasteiger partial charge in [-0.15, -0.1) is 0 Å². The Kier molecular flexibility index (Phi) is 4.96.